The monoisotopic (exact) mass is 489 g/mol. The van der Waals surface area contributed by atoms with Gasteiger partial charge >= 0.3 is 17.9 Å². The first-order valence-corrected chi connectivity index (χ1v) is 12.9. The van der Waals surface area contributed by atoms with E-state index in [1.165, 1.54) is 26.5 Å². The van der Waals surface area contributed by atoms with Crippen LogP contribution in [0, 0.1) is 28.6 Å². The van der Waals surface area contributed by atoms with Crippen molar-refractivity contribution >= 4 is 23.6 Å². The van der Waals surface area contributed by atoms with E-state index in [1.54, 1.807) is 0 Å². The zero-order chi connectivity index (χ0) is 25.4. The Hall–Kier alpha value is -2.38. The van der Waals surface area contributed by atoms with Gasteiger partial charge in [-0.15, -0.1) is 0 Å². The van der Waals surface area contributed by atoms with Crippen LogP contribution in [0.5, 0.6) is 0 Å². The van der Waals surface area contributed by atoms with E-state index in [-0.39, 0.29) is 59.9 Å². The Kier molecular flexibility index (Phi) is 7.30. The largest absolute Gasteiger partial charge is 0.469 e. The number of nitrogens with zero attached hydrogens (tertiary/aromatic N) is 1. The molecule has 8 heteroatoms. The molecule has 0 spiro atoms. The van der Waals surface area contributed by atoms with E-state index in [0.717, 1.165) is 44.2 Å². The first-order valence-electron chi connectivity index (χ1n) is 12.9. The number of carbonyl (C=O) groups is 3. The zero-order valence-corrected chi connectivity index (χ0v) is 21.6. The molecule has 0 aromatic rings. The van der Waals surface area contributed by atoms with E-state index in [2.05, 4.69) is 25.1 Å². The Morgan fingerprint density at radius 1 is 1.00 bits per heavy atom. The maximum absolute atomic E-state index is 11.8. The highest BCUT2D eigenvalue weighted by molar-refractivity contribution is 5.99. The fraction of sp³-hybridized carbons (Fsp3) is 0.778. The Balaban J connectivity index is 1.66. The van der Waals surface area contributed by atoms with Crippen LogP contribution >= 0.6 is 0 Å². The molecule has 0 bridgehead atoms. The third-order valence-corrected chi connectivity index (χ3v) is 9.27. The van der Waals surface area contributed by atoms with Gasteiger partial charge in [-0.1, -0.05) is 24.6 Å². The number of allylic oxidation sites excluding steroid dienone is 1. The highest BCUT2D eigenvalue weighted by Gasteiger charge is 2.61. The topological polar surface area (TPSA) is 100 Å². The van der Waals surface area contributed by atoms with Crippen molar-refractivity contribution in [2.24, 2.45) is 33.7 Å². The molecule has 3 unspecified atom stereocenters. The lowest BCUT2D eigenvalue weighted by molar-refractivity contribution is -0.155. The van der Waals surface area contributed by atoms with Gasteiger partial charge < -0.3 is 19.0 Å². The Morgan fingerprint density at radius 3 is 2.43 bits per heavy atom. The number of hydrogen-bond donors (Lipinski definition) is 0. The van der Waals surface area contributed by atoms with E-state index in [9.17, 15) is 14.4 Å². The molecule has 3 fully saturated rings. The van der Waals surface area contributed by atoms with E-state index >= 15 is 0 Å². The summed E-state index contributed by atoms with van der Waals surface area (Å²) in [5, 5.41) is 4.58. The molecule has 0 saturated heterocycles. The van der Waals surface area contributed by atoms with E-state index < -0.39 is 0 Å². The summed E-state index contributed by atoms with van der Waals surface area (Å²) in [5.41, 5.74) is 2.07. The van der Waals surface area contributed by atoms with Gasteiger partial charge in [0.25, 0.3) is 0 Å². The fourth-order valence-electron chi connectivity index (χ4n) is 7.51. The fourth-order valence-corrected chi connectivity index (χ4v) is 7.51. The summed E-state index contributed by atoms with van der Waals surface area (Å²) < 4.78 is 16.1. The first-order chi connectivity index (χ1) is 16.6. The summed E-state index contributed by atoms with van der Waals surface area (Å²) in [4.78, 5) is 40.6. The number of fused-ring (bicyclic) bond motifs is 5. The number of hydrogen-bond acceptors (Lipinski definition) is 8. The van der Waals surface area contributed by atoms with E-state index in [0.29, 0.717) is 18.3 Å². The van der Waals surface area contributed by atoms with Crippen LogP contribution in [-0.2, 0) is 33.4 Å². The maximum Gasteiger partial charge on any atom is 0.309 e. The van der Waals surface area contributed by atoms with Crippen LogP contribution in [0.2, 0.25) is 0 Å². The molecular weight excluding hydrogens is 450 g/mol. The molecule has 0 aromatic carbocycles. The summed E-state index contributed by atoms with van der Waals surface area (Å²) in [6.07, 6.45) is 8.50. The van der Waals surface area contributed by atoms with Crippen molar-refractivity contribution < 1.29 is 33.4 Å². The molecule has 194 valence electrons. The molecule has 3 saturated carbocycles. The molecule has 0 N–H and O–H groups in total. The van der Waals surface area contributed by atoms with Crippen molar-refractivity contribution in [3.63, 3.8) is 0 Å². The summed E-state index contributed by atoms with van der Waals surface area (Å²) >= 11 is 0. The number of methoxy groups -OCH3 is 1. The first kappa shape index (κ1) is 25.7. The van der Waals surface area contributed by atoms with Gasteiger partial charge in [0.05, 0.1) is 19.2 Å². The van der Waals surface area contributed by atoms with Gasteiger partial charge in [-0.05, 0) is 61.9 Å². The van der Waals surface area contributed by atoms with Gasteiger partial charge in [-0.3, -0.25) is 14.4 Å². The minimum atomic E-state index is -0.334. The van der Waals surface area contributed by atoms with Crippen LogP contribution in [0.25, 0.3) is 0 Å². The second-order valence-corrected chi connectivity index (χ2v) is 11.2. The maximum atomic E-state index is 11.8. The molecular formula is C27H39NO7. The number of rotatable bonds is 6. The van der Waals surface area contributed by atoms with Gasteiger partial charge in [0.1, 0.15) is 18.8 Å². The minimum Gasteiger partial charge on any atom is -0.469 e. The molecule has 7 atom stereocenters. The lowest BCUT2D eigenvalue weighted by atomic mass is 9.47. The summed E-state index contributed by atoms with van der Waals surface area (Å²) in [6.45, 7) is 7.73. The molecule has 4 aliphatic rings. The molecule has 4 aliphatic carbocycles. The predicted molar refractivity (Wildman–Crippen MR) is 128 cm³/mol. The van der Waals surface area contributed by atoms with Crippen molar-refractivity contribution in [2.45, 2.75) is 91.3 Å². The van der Waals surface area contributed by atoms with Crippen LogP contribution in [0.1, 0.15) is 79.1 Å². The lowest BCUT2D eigenvalue weighted by Gasteiger charge is -2.57. The van der Waals surface area contributed by atoms with Crippen molar-refractivity contribution in [1.82, 2.24) is 0 Å². The van der Waals surface area contributed by atoms with E-state index in [4.69, 9.17) is 19.0 Å². The molecule has 0 heterocycles. The number of esters is 3. The van der Waals surface area contributed by atoms with Crippen LogP contribution < -0.4 is 0 Å². The predicted octanol–water partition coefficient (Wildman–Crippen LogP) is 4.36. The number of oxime groups is 1. The van der Waals surface area contributed by atoms with Crippen molar-refractivity contribution in [3.8, 4) is 0 Å². The average molecular weight is 490 g/mol. The smallest absolute Gasteiger partial charge is 0.309 e. The highest BCUT2D eigenvalue weighted by Crippen LogP contribution is 2.64. The van der Waals surface area contributed by atoms with Crippen molar-refractivity contribution in [1.29, 1.82) is 0 Å². The summed E-state index contributed by atoms with van der Waals surface area (Å²) in [5.74, 6) is 0.0996. The van der Waals surface area contributed by atoms with Crippen LogP contribution in [0.4, 0.5) is 0 Å². The lowest BCUT2D eigenvalue weighted by Crippen LogP contribution is -2.54. The van der Waals surface area contributed by atoms with Gasteiger partial charge in [0, 0.05) is 31.6 Å². The zero-order valence-electron chi connectivity index (χ0n) is 21.6. The van der Waals surface area contributed by atoms with Gasteiger partial charge in [0.2, 0.25) is 0 Å². The SMILES string of the molecule is COC(=O)CCO/N=C1/C=C2C[C@@H](OC(C)=O)CC[C@]2(C)C2CC[C@@]3(C)C(CC[C@@H]3OC(C)=O)C12. The normalized spacial score (nSPS) is 38.9. The third kappa shape index (κ3) is 4.85. The standard InChI is InChI=1S/C27H39NO7/c1-16(29)34-19-8-11-26(3)18(14-19)15-22(28-33-13-10-24(31)32-5)25-20-6-7-23(35-17(2)30)27(20,4)12-9-21(25)26/h15,19-21,23,25H,6-14H2,1-5H3/b28-22-/t19-,20?,21?,23-,25?,26-,27-/m0/s1. The van der Waals surface area contributed by atoms with Gasteiger partial charge in [-0.2, -0.15) is 0 Å². The van der Waals surface area contributed by atoms with Crippen LogP contribution in [-0.4, -0.2) is 49.5 Å². The minimum absolute atomic E-state index is 0.00714. The molecule has 0 radical (unpaired) electrons. The number of carbonyl (C=O) groups excluding carboxylic acids is 3. The van der Waals surface area contributed by atoms with Crippen molar-refractivity contribution in [2.75, 3.05) is 13.7 Å². The Morgan fingerprint density at radius 2 is 1.74 bits per heavy atom. The quantitative estimate of drug-likeness (QED) is 0.236. The molecule has 0 aliphatic heterocycles. The molecule has 0 aromatic heterocycles. The molecule has 8 nitrogen and oxygen atoms in total. The van der Waals surface area contributed by atoms with Crippen molar-refractivity contribution in [3.05, 3.63) is 11.6 Å². The summed E-state index contributed by atoms with van der Waals surface area (Å²) in [6, 6.07) is 0. The second kappa shape index (κ2) is 9.94. The Bertz CT molecular complexity index is 926. The molecule has 4 rings (SSSR count). The second-order valence-electron chi connectivity index (χ2n) is 11.2. The highest BCUT2D eigenvalue weighted by atomic mass is 16.6. The molecule has 0 amide bonds. The van der Waals surface area contributed by atoms with Crippen LogP contribution in [0.3, 0.4) is 0 Å². The Labute approximate surface area is 207 Å². The van der Waals surface area contributed by atoms with Gasteiger partial charge in [0.15, 0.2) is 0 Å². The van der Waals surface area contributed by atoms with Gasteiger partial charge in [-0.25, -0.2) is 0 Å². The molecule has 35 heavy (non-hydrogen) atoms. The summed E-state index contributed by atoms with van der Waals surface area (Å²) in [7, 11) is 1.36. The van der Waals surface area contributed by atoms with Crippen LogP contribution in [0.15, 0.2) is 16.8 Å². The third-order valence-electron chi connectivity index (χ3n) is 9.27. The number of ether oxygens (including phenoxy) is 3. The van der Waals surface area contributed by atoms with E-state index in [1.807, 2.05) is 0 Å². The average Bonchev–Trinajstić information content (AvgIpc) is 3.12.